The van der Waals surface area contributed by atoms with E-state index in [-0.39, 0.29) is 23.5 Å². The summed E-state index contributed by atoms with van der Waals surface area (Å²) in [6, 6.07) is 5.64. The molecule has 25 heavy (non-hydrogen) atoms. The van der Waals surface area contributed by atoms with Crippen LogP contribution in [0.25, 0.3) is 10.9 Å². The van der Waals surface area contributed by atoms with E-state index in [1.807, 2.05) is 25.1 Å². The molecule has 1 aromatic carbocycles. The summed E-state index contributed by atoms with van der Waals surface area (Å²) in [7, 11) is -3.00. The summed E-state index contributed by atoms with van der Waals surface area (Å²) < 4.78 is 23.6. The largest absolute Gasteiger partial charge is 0.358 e. The van der Waals surface area contributed by atoms with E-state index in [1.54, 1.807) is 4.90 Å². The van der Waals surface area contributed by atoms with Crippen LogP contribution >= 0.6 is 0 Å². The Morgan fingerprint density at radius 2 is 2.08 bits per heavy atom. The van der Waals surface area contributed by atoms with E-state index in [9.17, 15) is 13.2 Å². The maximum atomic E-state index is 13.0. The van der Waals surface area contributed by atoms with Crippen LogP contribution in [0.15, 0.2) is 18.2 Å². The third kappa shape index (κ3) is 2.97. The van der Waals surface area contributed by atoms with E-state index in [0.717, 1.165) is 23.7 Å². The Bertz CT molecular complexity index is 930. The predicted octanol–water partition coefficient (Wildman–Crippen LogP) is 2.70. The van der Waals surface area contributed by atoms with Gasteiger partial charge in [-0.2, -0.15) is 0 Å². The summed E-state index contributed by atoms with van der Waals surface area (Å²) in [5.41, 5.74) is 4.41. The first-order chi connectivity index (χ1) is 12.0. The van der Waals surface area contributed by atoms with Crippen molar-refractivity contribution >= 4 is 26.6 Å². The van der Waals surface area contributed by atoms with Crippen molar-refractivity contribution in [1.82, 2.24) is 9.88 Å². The standard InChI is InChI=1S/C19H24N2O3S/c1-2-21(14-9-10-25(23,24)12-14)19(22)13-7-8-18-16(11-13)15-5-3-4-6-17(15)20-18/h7-8,11,14,20H,2-6,9-10,12H2,1H3/t14-/m1/s1. The first-order valence-corrected chi connectivity index (χ1v) is 11.0. The van der Waals surface area contributed by atoms with Crippen LogP contribution in [-0.4, -0.2) is 48.3 Å². The molecule has 134 valence electrons. The number of nitrogens with one attached hydrogen (secondary N) is 1. The van der Waals surface area contributed by atoms with Crippen molar-refractivity contribution in [1.29, 1.82) is 0 Å². The van der Waals surface area contributed by atoms with Crippen molar-refractivity contribution in [2.45, 2.75) is 45.1 Å². The quantitative estimate of drug-likeness (QED) is 0.915. The predicted molar refractivity (Wildman–Crippen MR) is 98.7 cm³/mol. The molecule has 2 heterocycles. The Morgan fingerprint density at radius 3 is 2.80 bits per heavy atom. The number of fused-ring (bicyclic) bond motifs is 3. The van der Waals surface area contributed by atoms with Crippen LogP contribution < -0.4 is 0 Å². The van der Waals surface area contributed by atoms with Crippen LogP contribution in [-0.2, 0) is 22.7 Å². The molecule has 0 radical (unpaired) electrons. The van der Waals surface area contributed by atoms with Crippen LogP contribution in [0.1, 0.15) is 47.8 Å². The highest BCUT2D eigenvalue weighted by atomic mass is 32.2. The Labute approximate surface area is 148 Å². The molecule has 6 heteroatoms. The lowest BCUT2D eigenvalue weighted by Crippen LogP contribution is -2.40. The molecule has 1 aliphatic carbocycles. The summed E-state index contributed by atoms with van der Waals surface area (Å²) in [5, 5.41) is 1.15. The number of aromatic amines is 1. The fourth-order valence-electron chi connectivity index (χ4n) is 4.29. The second-order valence-electron chi connectivity index (χ2n) is 7.20. The van der Waals surface area contributed by atoms with Crippen LogP contribution in [0.3, 0.4) is 0 Å². The molecule has 1 amide bonds. The van der Waals surface area contributed by atoms with Gasteiger partial charge in [0.15, 0.2) is 9.84 Å². The molecule has 0 saturated carbocycles. The van der Waals surface area contributed by atoms with Gasteiger partial charge in [0.05, 0.1) is 11.5 Å². The van der Waals surface area contributed by atoms with Crippen LogP contribution in [0.4, 0.5) is 0 Å². The minimum atomic E-state index is -3.00. The van der Waals surface area contributed by atoms with Crippen molar-refractivity contribution in [3.63, 3.8) is 0 Å². The number of hydrogen-bond acceptors (Lipinski definition) is 3. The fourth-order valence-corrected chi connectivity index (χ4v) is 6.02. The SMILES string of the molecule is CCN(C(=O)c1ccc2[nH]c3c(c2c1)CCCC3)[C@@H]1CCS(=O)(=O)C1. The second-order valence-corrected chi connectivity index (χ2v) is 9.43. The lowest BCUT2D eigenvalue weighted by molar-refractivity contribution is 0.0708. The molecule has 2 aliphatic rings. The number of aromatic nitrogens is 1. The Balaban J connectivity index is 1.67. The lowest BCUT2D eigenvalue weighted by Gasteiger charge is -2.27. The van der Waals surface area contributed by atoms with E-state index < -0.39 is 9.84 Å². The van der Waals surface area contributed by atoms with Gasteiger partial charge in [-0.3, -0.25) is 4.79 Å². The van der Waals surface area contributed by atoms with Gasteiger partial charge in [-0.25, -0.2) is 8.42 Å². The number of carbonyl (C=O) groups is 1. The molecule has 1 fully saturated rings. The maximum absolute atomic E-state index is 13.0. The zero-order valence-corrected chi connectivity index (χ0v) is 15.4. The molecular weight excluding hydrogens is 336 g/mol. The number of carbonyl (C=O) groups excluding carboxylic acids is 1. The minimum Gasteiger partial charge on any atom is -0.358 e. The number of H-pyrrole nitrogens is 1. The average molecular weight is 360 g/mol. The summed E-state index contributed by atoms with van der Waals surface area (Å²) >= 11 is 0. The maximum Gasteiger partial charge on any atom is 0.254 e. The number of sulfone groups is 1. The van der Waals surface area contributed by atoms with Gasteiger partial charge >= 0.3 is 0 Å². The van der Waals surface area contributed by atoms with Crippen molar-refractivity contribution in [2.24, 2.45) is 0 Å². The van der Waals surface area contributed by atoms with E-state index in [1.165, 1.54) is 24.1 Å². The second kappa shape index (κ2) is 6.16. The smallest absolute Gasteiger partial charge is 0.254 e. The van der Waals surface area contributed by atoms with Gasteiger partial charge in [0.2, 0.25) is 0 Å². The summed E-state index contributed by atoms with van der Waals surface area (Å²) in [4.78, 5) is 18.2. The van der Waals surface area contributed by atoms with E-state index in [4.69, 9.17) is 0 Å². The average Bonchev–Trinajstić information content (AvgIpc) is 3.14. The number of aryl methyl sites for hydroxylation is 2. The first kappa shape index (κ1) is 16.6. The molecule has 1 saturated heterocycles. The Kier molecular flexibility index (Phi) is 4.10. The highest BCUT2D eigenvalue weighted by molar-refractivity contribution is 7.91. The zero-order valence-electron chi connectivity index (χ0n) is 14.5. The summed E-state index contributed by atoms with van der Waals surface area (Å²) in [6.45, 7) is 2.45. The Hall–Kier alpha value is -1.82. The van der Waals surface area contributed by atoms with Crippen molar-refractivity contribution in [3.8, 4) is 0 Å². The van der Waals surface area contributed by atoms with Crippen LogP contribution in [0, 0.1) is 0 Å². The molecular formula is C19H24N2O3S. The molecule has 1 N–H and O–H groups in total. The third-order valence-electron chi connectivity index (χ3n) is 5.60. The van der Waals surface area contributed by atoms with Gasteiger partial charge in [0, 0.05) is 34.7 Å². The molecule has 0 unspecified atom stereocenters. The molecule has 1 atom stereocenters. The van der Waals surface area contributed by atoms with Gasteiger partial charge in [-0.15, -0.1) is 0 Å². The van der Waals surface area contributed by atoms with Crippen molar-refractivity contribution < 1.29 is 13.2 Å². The summed E-state index contributed by atoms with van der Waals surface area (Å²) in [5.74, 6) is 0.220. The monoisotopic (exact) mass is 360 g/mol. The fraction of sp³-hybridized carbons (Fsp3) is 0.526. The van der Waals surface area contributed by atoms with Gasteiger partial charge in [-0.05, 0) is 62.8 Å². The topological polar surface area (TPSA) is 70.2 Å². The lowest BCUT2D eigenvalue weighted by atomic mass is 9.95. The minimum absolute atomic E-state index is 0.0581. The highest BCUT2D eigenvalue weighted by Crippen LogP contribution is 2.30. The highest BCUT2D eigenvalue weighted by Gasteiger charge is 2.34. The number of hydrogen-bond donors (Lipinski definition) is 1. The van der Waals surface area contributed by atoms with Crippen LogP contribution in [0.2, 0.25) is 0 Å². The van der Waals surface area contributed by atoms with Crippen LogP contribution in [0.5, 0.6) is 0 Å². The third-order valence-corrected chi connectivity index (χ3v) is 7.35. The molecule has 0 spiro atoms. The van der Waals surface area contributed by atoms with Crippen molar-refractivity contribution in [3.05, 3.63) is 35.0 Å². The molecule has 4 rings (SSSR count). The molecule has 0 bridgehead atoms. The number of nitrogens with zero attached hydrogens (tertiary/aromatic N) is 1. The van der Waals surface area contributed by atoms with Crippen molar-refractivity contribution in [2.75, 3.05) is 18.1 Å². The molecule has 1 aromatic heterocycles. The van der Waals surface area contributed by atoms with Gasteiger partial charge < -0.3 is 9.88 Å². The number of rotatable bonds is 3. The summed E-state index contributed by atoms with van der Waals surface area (Å²) in [6.07, 6.45) is 5.09. The zero-order chi connectivity index (χ0) is 17.6. The van der Waals surface area contributed by atoms with Gasteiger partial charge in [0.1, 0.15) is 0 Å². The molecule has 1 aliphatic heterocycles. The normalized spacial score (nSPS) is 22.0. The molecule has 2 aromatic rings. The van der Waals surface area contributed by atoms with E-state index in [0.29, 0.717) is 18.5 Å². The molecule has 5 nitrogen and oxygen atoms in total. The number of amides is 1. The van der Waals surface area contributed by atoms with Gasteiger partial charge in [-0.1, -0.05) is 0 Å². The Morgan fingerprint density at radius 1 is 1.28 bits per heavy atom. The van der Waals surface area contributed by atoms with Gasteiger partial charge in [0.25, 0.3) is 5.91 Å². The van der Waals surface area contributed by atoms with E-state index >= 15 is 0 Å². The first-order valence-electron chi connectivity index (χ1n) is 9.13. The van der Waals surface area contributed by atoms with E-state index in [2.05, 4.69) is 4.98 Å². The number of benzene rings is 1.